The number of aromatic nitrogens is 1. The van der Waals surface area contributed by atoms with Gasteiger partial charge in [-0.25, -0.2) is 9.37 Å². The Balaban J connectivity index is 2.28. The van der Waals surface area contributed by atoms with Gasteiger partial charge in [0.05, 0.1) is 12.1 Å². The molecule has 1 N–H and O–H groups in total. The zero-order valence-electron chi connectivity index (χ0n) is 11.2. The summed E-state index contributed by atoms with van der Waals surface area (Å²) in [6.45, 7) is 1.97. The number of ether oxygens (including phenoxy) is 1. The van der Waals surface area contributed by atoms with Crippen LogP contribution in [0.3, 0.4) is 0 Å². The van der Waals surface area contributed by atoms with Crippen LogP contribution in [0.15, 0.2) is 23.6 Å². The molecule has 1 aromatic heterocycles. The van der Waals surface area contributed by atoms with Crippen molar-refractivity contribution in [3.05, 3.63) is 45.7 Å². The summed E-state index contributed by atoms with van der Waals surface area (Å²) in [6, 6.07) is 4.56. The molecule has 102 valence electrons. The number of benzene rings is 1. The molecule has 1 atom stereocenters. The predicted octanol–water partition coefficient (Wildman–Crippen LogP) is 3.10. The fourth-order valence-corrected chi connectivity index (χ4v) is 2.84. The van der Waals surface area contributed by atoms with Gasteiger partial charge in [-0.05, 0) is 32.2 Å². The normalized spacial score (nSPS) is 12.4. The van der Waals surface area contributed by atoms with E-state index in [0.717, 1.165) is 22.7 Å². The highest BCUT2D eigenvalue weighted by molar-refractivity contribution is 7.09. The molecule has 0 aliphatic rings. The van der Waals surface area contributed by atoms with Gasteiger partial charge in [0.2, 0.25) is 0 Å². The molecule has 2 aromatic rings. The summed E-state index contributed by atoms with van der Waals surface area (Å²) in [5.41, 5.74) is 1.83. The van der Waals surface area contributed by atoms with E-state index in [1.54, 1.807) is 24.5 Å². The minimum absolute atomic E-state index is 0.0174. The molecule has 2 rings (SSSR count). The fourth-order valence-electron chi connectivity index (χ4n) is 2.02. The van der Waals surface area contributed by atoms with Crippen molar-refractivity contribution in [3.8, 4) is 5.75 Å². The number of rotatable bonds is 5. The smallest absolute Gasteiger partial charge is 0.123 e. The fraction of sp³-hybridized carbons (Fsp3) is 0.357. The predicted molar refractivity (Wildman–Crippen MR) is 75.3 cm³/mol. The Hall–Kier alpha value is -1.46. The van der Waals surface area contributed by atoms with Crippen molar-refractivity contribution in [1.29, 1.82) is 0 Å². The van der Waals surface area contributed by atoms with Gasteiger partial charge in [-0.3, -0.25) is 0 Å². The lowest BCUT2D eigenvalue weighted by Gasteiger charge is -2.18. The van der Waals surface area contributed by atoms with Crippen molar-refractivity contribution in [2.45, 2.75) is 19.4 Å². The van der Waals surface area contributed by atoms with Gasteiger partial charge in [0.1, 0.15) is 11.6 Å². The molecular weight excluding hydrogens is 263 g/mol. The third-order valence-corrected chi connectivity index (χ3v) is 3.95. The van der Waals surface area contributed by atoms with Crippen molar-refractivity contribution in [1.82, 2.24) is 10.3 Å². The first-order valence-electron chi connectivity index (χ1n) is 6.05. The maximum absolute atomic E-state index is 13.4. The zero-order chi connectivity index (χ0) is 13.8. The van der Waals surface area contributed by atoms with E-state index in [1.807, 2.05) is 19.4 Å². The number of nitrogens with zero attached hydrogens (tertiary/aromatic N) is 1. The highest BCUT2D eigenvalue weighted by Crippen LogP contribution is 2.29. The summed E-state index contributed by atoms with van der Waals surface area (Å²) in [6.07, 6.45) is 0.717. The Labute approximate surface area is 116 Å². The standard InChI is InChI=1S/C14H17FN2OS/c1-9-8-19-14(17-9)7-12(16-2)11-6-10(15)4-5-13(11)18-3/h4-6,8,12,16H,7H2,1-3H3. The molecule has 0 aliphatic carbocycles. The van der Waals surface area contributed by atoms with E-state index in [1.165, 1.54) is 12.1 Å². The average molecular weight is 280 g/mol. The number of hydrogen-bond donors (Lipinski definition) is 1. The number of aryl methyl sites for hydroxylation is 1. The monoisotopic (exact) mass is 280 g/mol. The van der Waals surface area contributed by atoms with E-state index in [9.17, 15) is 4.39 Å². The third kappa shape index (κ3) is 3.30. The van der Waals surface area contributed by atoms with Gasteiger partial charge in [0.25, 0.3) is 0 Å². The maximum Gasteiger partial charge on any atom is 0.123 e. The molecule has 0 spiro atoms. The van der Waals surface area contributed by atoms with Crippen molar-refractivity contribution >= 4 is 11.3 Å². The van der Waals surface area contributed by atoms with Crippen LogP contribution < -0.4 is 10.1 Å². The molecule has 0 aliphatic heterocycles. The molecule has 0 amide bonds. The maximum atomic E-state index is 13.4. The Bertz CT molecular complexity index is 556. The van der Waals surface area contributed by atoms with Crippen molar-refractivity contribution < 1.29 is 9.13 Å². The van der Waals surface area contributed by atoms with E-state index < -0.39 is 0 Å². The molecule has 0 radical (unpaired) electrons. The van der Waals surface area contributed by atoms with E-state index in [4.69, 9.17) is 4.74 Å². The molecule has 0 bridgehead atoms. The minimum Gasteiger partial charge on any atom is -0.496 e. The van der Waals surface area contributed by atoms with Crippen LogP contribution in [0.4, 0.5) is 4.39 Å². The first-order valence-corrected chi connectivity index (χ1v) is 6.93. The van der Waals surface area contributed by atoms with Crippen molar-refractivity contribution in [3.63, 3.8) is 0 Å². The highest BCUT2D eigenvalue weighted by Gasteiger charge is 2.17. The molecule has 0 saturated carbocycles. The molecule has 0 fully saturated rings. The van der Waals surface area contributed by atoms with Crippen LogP contribution in [0.25, 0.3) is 0 Å². The number of nitrogens with one attached hydrogen (secondary N) is 1. The number of methoxy groups -OCH3 is 1. The molecule has 1 unspecified atom stereocenters. The van der Waals surface area contributed by atoms with Gasteiger partial charge >= 0.3 is 0 Å². The van der Waals surface area contributed by atoms with Crippen molar-refractivity contribution in [2.24, 2.45) is 0 Å². The minimum atomic E-state index is -0.258. The number of hydrogen-bond acceptors (Lipinski definition) is 4. The number of halogens is 1. The SMILES string of the molecule is CNC(Cc1nc(C)cs1)c1cc(F)ccc1OC. The first kappa shape index (κ1) is 14.0. The van der Waals surface area contributed by atoms with Crippen LogP contribution >= 0.6 is 11.3 Å². The number of likely N-dealkylation sites (N-methyl/N-ethyl adjacent to an activating group) is 1. The Kier molecular flexibility index (Phi) is 4.50. The quantitative estimate of drug-likeness (QED) is 0.914. The summed E-state index contributed by atoms with van der Waals surface area (Å²) in [5.74, 6) is 0.431. The molecule has 19 heavy (non-hydrogen) atoms. The van der Waals surface area contributed by atoms with Crippen LogP contribution in [0.5, 0.6) is 5.75 Å². The lowest BCUT2D eigenvalue weighted by Crippen LogP contribution is -2.19. The van der Waals surface area contributed by atoms with Crippen molar-refractivity contribution in [2.75, 3.05) is 14.2 Å². The van der Waals surface area contributed by atoms with Crippen LogP contribution in [-0.4, -0.2) is 19.1 Å². The van der Waals surface area contributed by atoms with Crippen LogP contribution in [0.1, 0.15) is 22.3 Å². The second-order valence-corrected chi connectivity index (χ2v) is 5.26. The summed E-state index contributed by atoms with van der Waals surface area (Å²) >= 11 is 1.62. The molecule has 1 heterocycles. The molecule has 5 heteroatoms. The van der Waals surface area contributed by atoms with Gasteiger partial charge in [0, 0.05) is 29.1 Å². The summed E-state index contributed by atoms with van der Waals surface area (Å²) in [5, 5.41) is 6.25. The van der Waals surface area contributed by atoms with E-state index in [2.05, 4.69) is 10.3 Å². The van der Waals surface area contributed by atoms with Gasteiger partial charge in [-0.2, -0.15) is 0 Å². The molecule has 3 nitrogen and oxygen atoms in total. The van der Waals surface area contributed by atoms with Crippen LogP contribution in [0, 0.1) is 12.7 Å². The summed E-state index contributed by atoms with van der Waals surface area (Å²) < 4.78 is 18.7. The Morgan fingerprint density at radius 1 is 1.47 bits per heavy atom. The third-order valence-electron chi connectivity index (χ3n) is 2.96. The van der Waals surface area contributed by atoms with E-state index in [0.29, 0.717) is 5.75 Å². The lowest BCUT2D eigenvalue weighted by atomic mass is 10.0. The van der Waals surface area contributed by atoms with Gasteiger partial charge < -0.3 is 10.1 Å². The zero-order valence-corrected chi connectivity index (χ0v) is 12.1. The Morgan fingerprint density at radius 2 is 2.26 bits per heavy atom. The van der Waals surface area contributed by atoms with Gasteiger partial charge in [-0.1, -0.05) is 0 Å². The molecular formula is C14H17FN2OS. The molecule has 1 aromatic carbocycles. The Morgan fingerprint density at radius 3 is 2.84 bits per heavy atom. The van der Waals surface area contributed by atoms with Crippen LogP contribution in [0.2, 0.25) is 0 Å². The molecule has 0 saturated heterocycles. The van der Waals surface area contributed by atoms with Crippen LogP contribution in [-0.2, 0) is 6.42 Å². The summed E-state index contributed by atoms with van der Waals surface area (Å²) in [7, 11) is 3.45. The van der Waals surface area contributed by atoms with E-state index >= 15 is 0 Å². The lowest BCUT2D eigenvalue weighted by molar-refractivity contribution is 0.399. The largest absolute Gasteiger partial charge is 0.496 e. The van der Waals surface area contributed by atoms with Gasteiger partial charge in [0.15, 0.2) is 0 Å². The average Bonchev–Trinajstić information content (AvgIpc) is 2.81. The highest BCUT2D eigenvalue weighted by atomic mass is 32.1. The summed E-state index contributed by atoms with van der Waals surface area (Å²) in [4.78, 5) is 4.45. The first-order chi connectivity index (χ1) is 9.13. The van der Waals surface area contributed by atoms with Gasteiger partial charge in [-0.15, -0.1) is 11.3 Å². The topological polar surface area (TPSA) is 34.2 Å². The van der Waals surface area contributed by atoms with E-state index in [-0.39, 0.29) is 11.9 Å². The second-order valence-electron chi connectivity index (χ2n) is 4.31. The number of thiazole rings is 1. The second kappa shape index (κ2) is 6.12.